The molecule has 17 heavy (non-hydrogen) atoms. The van der Waals surface area contributed by atoms with Crippen LogP contribution in [0.3, 0.4) is 0 Å². The maximum atomic E-state index is 11.5. The molecule has 94 valence electrons. The fraction of sp³-hybridized carbons (Fsp3) is 0.273. The highest BCUT2D eigenvalue weighted by atomic mass is 32.2. The Morgan fingerprint density at radius 2 is 1.76 bits per heavy atom. The number of nitrogens with one attached hydrogen (secondary N) is 2. The summed E-state index contributed by atoms with van der Waals surface area (Å²) in [6.45, 7) is 4.27. The Labute approximate surface area is 102 Å². The average Bonchev–Trinajstić information content (AvgIpc) is 2.27. The summed E-state index contributed by atoms with van der Waals surface area (Å²) in [6.07, 6.45) is 1.75. The Bertz CT molecular complexity index is 466. The lowest BCUT2D eigenvalue weighted by Gasteiger charge is -2.13. The van der Waals surface area contributed by atoms with Gasteiger partial charge in [0.1, 0.15) is 0 Å². The van der Waals surface area contributed by atoms with Gasteiger partial charge in [-0.2, -0.15) is 12.7 Å². The minimum absolute atomic E-state index is 0.530. The predicted molar refractivity (Wildman–Crippen MR) is 71.4 cm³/mol. The summed E-state index contributed by atoms with van der Waals surface area (Å²) in [5.41, 5.74) is 1.44. The first kappa shape index (κ1) is 13.5. The fourth-order valence-corrected chi connectivity index (χ4v) is 1.70. The zero-order valence-corrected chi connectivity index (χ0v) is 10.8. The Morgan fingerprint density at radius 1 is 1.24 bits per heavy atom. The van der Waals surface area contributed by atoms with Crippen LogP contribution in [0.5, 0.6) is 0 Å². The van der Waals surface area contributed by atoms with Gasteiger partial charge < -0.3 is 5.32 Å². The molecule has 0 bridgehead atoms. The summed E-state index contributed by atoms with van der Waals surface area (Å²) < 4.78 is 26.7. The van der Waals surface area contributed by atoms with Crippen molar-refractivity contribution in [3.8, 4) is 0 Å². The highest BCUT2D eigenvalue weighted by Gasteiger charge is 2.12. The van der Waals surface area contributed by atoms with E-state index in [2.05, 4.69) is 16.6 Å². The fourth-order valence-electron chi connectivity index (χ4n) is 1.09. The first-order chi connectivity index (χ1) is 7.95. The van der Waals surface area contributed by atoms with Crippen molar-refractivity contribution in [3.05, 3.63) is 36.9 Å². The summed E-state index contributed by atoms with van der Waals surface area (Å²) in [5, 5.41) is 3.10. The zero-order chi connectivity index (χ0) is 12.9. The van der Waals surface area contributed by atoms with Crippen molar-refractivity contribution in [1.82, 2.24) is 4.31 Å². The molecule has 1 aromatic rings. The van der Waals surface area contributed by atoms with Gasteiger partial charge >= 0.3 is 10.2 Å². The third-order valence-corrected chi connectivity index (χ3v) is 3.52. The van der Waals surface area contributed by atoms with Crippen LogP contribution in [0.2, 0.25) is 0 Å². The lowest BCUT2D eigenvalue weighted by Crippen LogP contribution is -2.28. The van der Waals surface area contributed by atoms with Crippen molar-refractivity contribution < 1.29 is 8.42 Å². The normalized spacial score (nSPS) is 11.2. The molecular formula is C11H17N3O2S. The third kappa shape index (κ3) is 4.08. The molecule has 0 heterocycles. The van der Waals surface area contributed by atoms with E-state index in [0.717, 1.165) is 9.99 Å². The second-order valence-corrected chi connectivity index (χ2v) is 5.52. The van der Waals surface area contributed by atoms with E-state index >= 15 is 0 Å². The van der Waals surface area contributed by atoms with Crippen molar-refractivity contribution >= 4 is 21.6 Å². The average molecular weight is 255 g/mol. The quantitative estimate of drug-likeness (QED) is 0.757. The monoisotopic (exact) mass is 255 g/mol. The first-order valence-corrected chi connectivity index (χ1v) is 6.55. The molecule has 0 spiro atoms. The molecule has 1 aromatic carbocycles. The van der Waals surface area contributed by atoms with E-state index in [-0.39, 0.29) is 0 Å². The summed E-state index contributed by atoms with van der Waals surface area (Å²) >= 11 is 0. The van der Waals surface area contributed by atoms with E-state index in [1.807, 2.05) is 0 Å². The molecular weight excluding hydrogens is 238 g/mol. The Kier molecular flexibility index (Phi) is 4.53. The summed E-state index contributed by atoms with van der Waals surface area (Å²) in [6, 6.07) is 7.01. The summed E-state index contributed by atoms with van der Waals surface area (Å²) in [4.78, 5) is 0. The molecule has 0 aliphatic heterocycles. The maximum absolute atomic E-state index is 11.5. The molecule has 0 aromatic heterocycles. The molecule has 2 N–H and O–H groups in total. The smallest absolute Gasteiger partial charge is 0.301 e. The highest BCUT2D eigenvalue weighted by Crippen LogP contribution is 2.15. The topological polar surface area (TPSA) is 61.4 Å². The van der Waals surface area contributed by atoms with Gasteiger partial charge in [0.25, 0.3) is 0 Å². The number of hydrogen-bond acceptors (Lipinski definition) is 3. The highest BCUT2D eigenvalue weighted by molar-refractivity contribution is 7.90. The lowest BCUT2D eigenvalue weighted by molar-refractivity contribution is 0.527. The predicted octanol–water partition coefficient (Wildman–Crippen LogP) is 1.50. The van der Waals surface area contributed by atoms with Gasteiger partial charge in [0.2, 0.25) is 0 Å². The number of rotatable bonds is 6. The molecule has 5 nitrogen and oxygen atoms in total. The molecule has 0 atom stereocenters. The van der Waals surface area contributed by atoms with Gasteiger partial charge in [-0.15, -0.1) is 6.58 Å². The van der Waals surface area contributed by atoms with Crippen LogP contribution in [0.25, 0.3) is 0 Å². The maximum Gasteiger partial charge on any atom is 0.301 e. The second-order valence-electron chi connectivity index (χ2n) is 3.64. The van der Waals surface area contributed by atoms with Crippen LogP contribution in [0.4, 0.5) is 11.4 Å². The number of hydrogen-bond donors (Lipinski definition) is 2. The Balaban J connectivity index is 2.72. The van der Waals surface area contributed by atoms with Gasteiger partial charge in [-0.25, -0.2) is 0 Å². The van der Waals surface area contributed by atoms with Gasteiger partial charge in [-0.1, -0.05) is 6.08 Å². The molecule has 0 aliphatic rings. The van der Waals surface area contributed by atoms with Gasteiger partial charge in [-0.05, 0) is 24.3 Å². The molecule has 0 amide bonds. The molecule has 0 aliphatic carbocycles. The van der Waals surface area contributed by atoms with Gasteiger partial charge in [0.15, 0.2) is 0 Å². The standard InChI is InChI=1S/C11H17N3O2S/c1-4-9-12-10-5-7-11(8-6-10)13-17(15,16)14(2)3/h4-8,12-13H,1,9H2,2-3H3. The number of benzene rings is 1. The zero-order valence-electron chi connectivity index (χ0n) is 9.97. The molecule has 0 unspecified atom stereocenters. The molecule has 0 radical (unpaired) electrons. The molecule has 0 saturated heterocycles. The van der Waals surface area contributed by atoms with Gasteiger partial charge in [0, 0.05) is 32.0 Å². The van der Waals surface area contributed by atoms with Gasteiger partial charge in [-0.3, -0.25) is 4.72 Å². The van der Waals surface area contributed by atoms with Crippen LogP contribution in [0, 0.1) is 0 Å². The SMILES string of the molecule is C=CCNc1ccc(NS(=O)(=O)N(C)C)cc1. The Morgan fingerprint density at radius 3 is 2.24 bits per heavy atom. The van der Waals surface area contributed by atoms with Crippen molar-refractivity contribution in [2.45, 2.75) is 0 Å². The van der Waals surface area contributed by atoms with E-state index in [1.54, 1.807) is 30.3 Å². The minimum atomic E-state index is -3.43. The number of anilines is 2. The van der Waals surface area contributed by atoms with Crippen molar-refractivity contribution in [2.75, 3.05) is 30.7 Å². The van der Waals surface area contributed by atoms with Crippen molar-refractivity contribution in [2.24, 2.45) is 0 Å². The summed E-state index contributed by atoms with van der Waals surface area (Å²) in [7, 11) is -0.485. The molecule has 0 fully saturated rings. The van der Waals surface area contributed by atoms with E-state index in [0.29, 0.717) is 12.2 Å². The van der Waals surface area contributed by atoms with Crippen molar-refractivity contribution in [1.29, 1.82) is 0 Å². The van der Waals surface area contributed by atoms with Crippen molar-refractivity contribution in [3.63, 3.8) is 0 Å². The molecule has 1 rings (SSSR count). The van der Waals surface area contributed by atoms with Crippen LogP contribution in [0.15, 0.2) is 36.9 Å². The third-order valence-electron chi connectivity index (χ3n) is 2.06. The van der Waals surface area contributed by atoms with Crippen LogP contribution < -0.4 is 10.0 Å². The first-order valence-electron chi connectivity index (χ1n) is 5.11. The van der Waals surface area contributed by atoms with E-state index in [9.17, 15) is 8.42 Å². The van der Waals surface area contributed by atoms with Crippen LogP contribution in [-0.2, 0) is 10.2 Å². The lowest BCUT2D eigenvalue weighted by atomic mass is 10.3. The van der Waals surface area contributed by atoms with Crippen LogP contribution >= 0.6 is 0 Å². The van der Waals surface area contributed by atoms with E-state index in [1.165, 1.54) is 14.1 Å². The summed E-state index contributed by atoms with van der Waals surface area (Å²) in [5.74, 6) is 0. The second kappa shape index (κ2) is 5.70. The Hall–Kier alpha value is -1.53. The largest absolute Gasteiger partial charge is 0.382 e. The van der Waals surface area contributed by atoms with Crippen LogP contribution in [-0.4, -0.2) is 33.4 Å². The van der Waals surface area contributed by atoms with Crippen LogP contribution in [0.1, 0.15) is 0 Å². The van der Waals surface area contributed by atoms with Gasteiger partial charge in [0.05, 0.1) is 0 Å². The minimum Gasteiger partial charge on any atom is -0.382 e. The molecule has 6 heteroatoms. The van der Waals surface area contributed by atoms with E-state index in [4.69, 9.17) is 0 Å². The molecule has 0 saturated carbocycles. The van der Waals surface area contributed by atoms with E-state index < -0.39 is 10.2 Å². The number of nitrogens with zero attached hydrogens (tertiary/aromatic N) is 1.